The van der Waals surface area contributed by atoms with Crippen LogP contribution in [-0.2, 0) is 16.0 Å². The molecular formula is C31H33NO5. The first-order chi connectivity index (χ1) is 17.7. The van der Waals surface area contributed by atoms with E-state index in [0.29, 0.717) is 40.8 Å². The van der Waals surface area contributed by atoms with Gasteiger partial charge in [0.15, 0.2) is 0 Å². The van der Waals surface area contributed by atoms with Crippen molar-refractivity contribution < 1.29 is 24.2 Å². The summed E-state index contributed by atoms with van der Waals surface area (Å²) >= 11 is 0. The summed E-state index contributed by atoms with van der Waals surface area (Å²) in [4.78, 5) is 28.3. The smallest absolute Gasteiger partial charge is 0.300 e. The van der Waals surface area contributed by atoms with Gasteiger partial charge >= 0.3 is 0 Å². The van der Waals surface area contributed by atoms with Crippen molar-refractivity contribution in [2.24, 2.45) is 5.92 Å². The molecule has 0 aromatic heterocycles. The third kappa shape index (κ3) is 5.24. The van der Waals surface area contributed by atoms with Gasteiger partial charge in [0.05, 0.1) is 25.3 Å². The standard InChI is InChI=1S/C31H33NO5/c1-6-21-10-13-24(14-11-21)32-28(22-8-7-9-25(17-22)36-5)27(30(34)31(32)35)29(33)23-12-15-26(20(4)16-23)37-18-19(2)3/h7-17,19,28,33H,6,18H2,1-5H3/b29-27-. The first-order valence-corrected chi connectivity index (χ1v) is 12.5. The Kier molecular flexibility index (Phi) is 7.67. The molecular weight excluding hydrogens is 466 g/mol. The fraction of sp³-hybridized carbons (Fsp3) is 0.290. The molecule has 3 aromatic rings. The van der Waals surface area contributed by atoms with Crippen LogP contribution in [0.15, 0.2) is 72.3 Å². The maximum absolute atomic E-state index is 13.4. The molecule has 1 fully saturated rings. The Labute approximate surface area is 218 Å². The third-order valence-corrected chi connectivity index (χ3v) is 6.50. The van der Waals surface area contributed by atoms with E-state index in [2.05, 4.69) is 20.8 Å². The number of aryl methyl sites for hydroxylation is 2. The summed E-state index contributed by atoms with van der Waals surface area (Å²) in [6, 6.07) is 19.2. The summed E-state index contributed by atoms with van der Waals surface area (Å²) < 4.78 is 11.3. The molecule has 0 saturated carbocycles. The Bertz CT molecular complexity index is 1340. The molecule has 1 aliphatic rings. The van der Waals surface area contributed by atoms with Crippen molar-refractivity contribution in [3.8, 4) is 11.5 Å². The zero-order chi connectivity index (χ0) is 26.7. The number of aliphatic hydroxyl groups is 1. The number of amides is 1. The molecule has 0 spiro atoms. The van der Waals surface area contributed by atoms with Crippen molar-refractivity contribution in [2.45, 2.75) is 40.2 Å². The number of hydrogen-bond acceptors (Lipinski definition) is 5. The second-order valence-electron chi connectivity index (χ2n) is 9.65. The van der Waals surface area contributed by atoms with E-state index in [4.69, 9.17) is 9.47 Å². The number of methoxy groups -OCH3 is 1. The number of ketones is 1. The van der Waals surface area contributed by atoms with Gasteiger partial charge in [0.1, 0.15) is 17.3 Å². The predicted molar refractivity (Wildman–Crippen MR) is 145 cm³/mol. The van der Waals surface area contributed by atoms with Gasteiger partial charge in [-0.05, 0) is 78.4 Å². The minimum Gasteiger partial charge on any atom is -0.507 e. The average Bonchev–Trinajstić information content (AvgIpc) is 3.17. The van der Waals surface area contributed by atoms with Crippen LogP contribution < -0.4 is 14.4 Å². The van der Waals surface area contributed by atoms with Gasteiger partial charge in [-0.15, -0.1) is 0 Å². The summed E-state index contributed by atoms with van der Waals surface area (Å²) in [5.41, 5.74) is 3.67. The van der Waals surface area contributed by atoms with Crippen LogP contribution in [0.1, 0.15) is 49.1 Å². The van der Waals surface area contributed by atoms with Crippen LogP contribution in [0.25, 0.3) is 5.76 Å². The summed E-state index contributed by atoms with van der Waals surface area (Å²) in [7, 11) is 1.56. The van der Waals surface area contributed by atoms with Gasteiger partial charge in [-0.2, -0.15) is 0 Å². The highest BCUT2D eigenvalue weighted by Gasteiger charge is 2.47. The van der Waals surface area contributed by atoms with E-state index in [1.165, 1.54) is 4.90 Å². The average molecular weight is 500 g/mol. The monoisotopic (exact) mass is 499 g/mol. The lowest BCUT2D eigenvalue weighted by Gasteiger charge is -2.26. The van der Waals surface area contributed by atoms with Crippen LogP contribution in [-0.4, -0.2) is 30.5 Å². The lowest BCUT2D eigenvalue weighted by molar-refractivity contribution is -0.132. The summed E-state index contributed by atoms with van der Waals surface area (Å²) in [6.07, 6.45) is 0.856. The van der Waals surface area contributed by atoms with Gasteiger partial charge < -0.3 is 14.6 Å². The van der Waals surface area contributed by atoms with Crippen LogP contribution in [0.2, 0.25) is 0 Å². The number of benzene rings is 3. The highest BCUT2D eigenvalue weighted by atomic mass is 16.5. The largest absolute Gasteiger partial charge is 0.507 e. The van der Waals surface area contributed by atoms with Crippen LogP contribution in [0.4, 0.5) is 5.69 Å². The zero-order valence-electron chi connectivity index (χ0n) is 21.9. The number of aliphatic hydroxyl groups excluding tert-OH is 1. The molecule has 0 aliphatic carbocycles. The van der Waals surface area contributed by atoms with Crippen LogP contribution in [0, 0.1) is 12.8 Å². The van der Waals surface area contributed by atoms with Crippen molar-refractivity contribution in [1.29, 1.82) is 0 Å². The van der Waals surface area contributed by atoms with E-state index < -0.39 is 17.7 Å². The van der Waals surface area contributed by atoms with Crippen molar-refractivity contribution in [1.82, 2.24) is 0 Å². The number of carbonyl (C=O) groups is 2. The van der Waals surface area contributed by atoms with Crippen LogP contribution in [0.3, 0.4) is 0 Å². The predicted octanol–water partition coefficient (Wildman–Crippen LogP) is 6.23. The van der Waals surface area contributed by atoms with Crippen LogP contribution in [0.5, 0.6) is 11.5 Å². The van der Waals surface area contributed by atoms with E-state index in [0.717, 1.165) is 17.5 Å². The molecule has 6 nitrogen and oxygen atoms in total. The molecule has 1 N–H and O–H groups in total. The number of Topliss-reactive ketones (excluding diaryl/α,β-unsaturated/α-hetero) is 1. The summed E-state index contributed by atoms with van der Waals surface area (Å²) in [6.45, 7) is 8.66. The number of hydrogen-bond donors (Lipinski definition) is 1. The molecule has 1 amide bonds. The van der Waals surface area contributed by atoms with E-state index >= 15 is 0 Å². The Morgan fingerprint density at radius 2 is 1.76 bits per heavy atom. The van der Waals surface area contributed by atoms with E-state index in [-0.39, 0.29) is 11.3 Å². The van der Waals surface area contributed by atoms with Gasteiger partial charge in [0.2, 0.25) is 0 Å². The molecule has 1 aliphatic heterocycles. The second-order valence-corrected chi connectivity index (χ2v) is 9.65. The van der Waals surface area contributed by atoms with Gasteiger partial charge in [-0.25, -0.2) is 0 Å². The number of carbonyl (C=O) groups excluding carboxylic acids is 2. The normalized spacial score (nSPS) is 16.9. The SMILES string of the molecule is CCc1ccc(N2C(=O)C(=O)/C(=C(\O)c3ccc(OCC(C)C)c(C)c3)C2c2cccc(OC)c2)cc1. The number of anilines is 1. The Balaban J connectivity index is 1.85. The first-order valence-electron chi connectivity index (χ1n) is 12.5. The van der Waals surface area contributed by atoms with E-state index in [9.17, 15) is 14.7 Å². The van der Waals surface area contributed by atoms with Gasteiger partial charge in [0, 0.05) is 11.3 Å². The molecule has 0 bridgehead atoms. The minimum absolute atomic E-state index is 0.0352. The molecule has 1 unspecified atom stereocenters. The highest BCUT2D eigenvalue weighted by Crippen LogP contribution is 2.43. The van der Waals surface area contributed by atoms with Gasteiger partial charge in [0.25, 0.3) is 11.7 Å². The Morgan fingerprint density at radius 1 is 1.03 bits per heavy atom. The molecule has 1 heterocycles. The van der Waals surface area contributed by atoms with Gasteiger partial charge in [-0.3, -0.25) is 14.5 Å². The molecule has 4 rings (SSSR count). The van der Waals surface area contributed by atoms with Crippen molar-refractivity contribution in [3.63, 3.8) is 0 Å². The van der Waals surface area contributed by atoms with Crippen molar-refractivity contribution in [3.05, 3.63) is 94.6 Å². The number of rotatable bonds is 8. The van der Waals surface area contributed by atoms with Gasteiger partial charge in [-0.1, -0.05) is 45.0 Å². The Hall–Kier alpha value is -4.06. The quantitative estimate of drug-likeness (QED) is 0.226. The molecule has 0 radical (unpaired) electrons. The fourth-order valence-corrected chi connectivity index (χ4v) is 4.49. The molecule has 6 heteroatoms. The van der Waals surface area contributed by atoms with Crippen molar-refractivity contribution in [2.75, 3.05) is 18.6 Å². The lowest BCUT2D eigenvalue weighted by Crippen LogP contribution is -2.29. The van der Waals surface area contributed by atoms with Crippen LogP contribution >= 0.6 is 0 Å². The topological polar surface area (TPSA) is 76.1 Å². The molecule has 192 valence electrons. The maximum Gasteiger partial charge on any atom is 0.300 e. The molecule has 1 saturated heterocycles. The maximum atomic E-state index is 13.4. The van der Waals surface area contributed by atoms with Crippen molar-refractivity contribution >= 4 is 23.1 Å². The second kappa shape index (κ2) is 10.9. The zero-order valence-corrected chi connectivity index (χ0v) is 21.9. The number of nitrogens with zero attached hydrogens (tertiary/aromatic N) is 1. The van der Waals surface area contributed by atoms with E-state index in [1.807, 2.05) is 37.3 Å². The molecule has 37 heavy (non-hydrogen) atoms. The Morgan fingerprint density at radius 3 is 2.38 bits per heavy atom. The number of ether oxygens (including phenoxy) is 2. The third-order valence-electron chi connectivity index (χ3n) is 6.50. The minimum atomic E-state index is -0.820. The first kappa shape index (κ1) is 26.0. The van der Waals surface area contributed by atoms with E-state index in [1.54, 1.807) is 43.5 Å². The molecule has 1 atom stereocenters. The summed E-state index contributed by atoms with van der Waals surface area (Å²) in [5.74, 6) is 0.0305. The molecule has 3 aromatic carbocycles. The lowest BCUT2D eigenvalue weighted by atomic mass is 9.94. The highest BCUT2D eigenvalue weighted by molar-refractivity contribution is 6.51. The fourth-order valence-electron chi connectivity index (χ4n) is 4.49. The summed E-state index contributed by atoms with van der Waals surface area (Å²) in [5, 5.41) is 11.5.